The van der Waals surface area contributed by atoms with Crippen molar-refractivity contribution < 1.29 is 18.0 Å². The number of nitrogens with one attached hydrogen (secondary N) is 1. The molecule has 7 heteroatoms. The number of amides is 1. The van der Waals surface area contributed by atoms with Gasteiger partial charge < -0.3 is 10.2 Å². The SMILES string of the molecule is CC1CNCCN1C(=O)c1ccc(-c2cc(F)c(F)c(F)c2)cc1.Cl. The first kappa shape index (κ1) is 19.3. The van der Waals surface area contributed by atoms with Crippen LogP contribution in [-0.4, -0.2) is 36.5 Å². The molecule has 1 aliphatic rings. The molecule has 3 nitrogen and oxygen atoms in total. The summed E-state index contributed by atoms with van der Waals surface area (Å²) in [6.07, 6.45) is 0. The van der Waals surface area contributed by atoms with Gasteiger partial charge in [0, 0.05) is 31.2 Å². The van der Waals surface area contributed by atoms with Crippen molar-refractivity contribution in [2.45, 2.75) is 13.0 Å². The molecule has 2 aromatic rings. The molecule has 1 fully saturated rings. The lowest BCUT2D eigenvalue weighted by Gasteiger charge is -2.34. The van der Waals surface area contributed by atoms with E-state index >= 15 is 0 Å². The molecule has 1 amide bonds. The Morgan fingerprint density at radius 1 is 1.08 bits per heavy atom. The van der Waals surface area contributed by atoms with Crippen molar-refractivity contribution in [2.24, 2.45) is 0 Å². The molecular weight excluding hydrogens is 353 g/mol. The van der Waals surface area contributed by atoms with Crippen LogP contribution in [0, 0.1) is 17.5 Å². The molecule has 0 aliphatic carbocycles. The molecule has 1 atom stereocenters. The highest BCUT2D eigenvalue weighted by molar-refractivity contribution is 5.95. The van der Waals surface area contributed by atoms with Crippen LogP contribution in [0.2, 0.25) is 0 Å². The Bertz CT molecular complexity index is 744. The Hall–Kier alpha value is -2.05. The number of halogens is 4. The molecule has 0 bridgehead atoms. The van der Waals surface area contributed by atoms with E-state index in [1.807, 2.05) is 6.92 Å². The van der Waals surface area contributed by atoms with Crippen LogP contribution in [0.25, 0.3) is 11.1 Å². The molecule has 25 heavy (non-hydrogen) atoms. The van der Waals surface area contributed by atoms with Crippen LogP contribution >= 0.6 is 12.4 Å². The zero-order valence-electron chi connectivity index (χ0n) is 13.6. The number of piperazine rings is 1. The Labute approximate surface area is 150 Å². The van der Waals surface area contributed by atoms with E-state index in [1.165, 1.54) is 0 Å². The second-order valence-corrected chi connectivity index (χ2v) is 5.88. The van der Waals surface area contributed by atoms with Crippen molar-refractivity contribution in [1.82, 2.24) is 10.2 Å². The predicted octanol–water partition coefficient (Wildman–Crippen LogP) is 3.63. The lowest BCUT2D eigenvalue weighted by Crippen LogP contribution is -2.52. The van der Waals surface area contributed by atoms with Gasteiger partial charge in [0.15, 0.2) is 17.5 Å². The van der Waals surface area contributed by atoms with E-state index in [-0.39, 0.29) is 29.9 Å². The van der Waals surface area contributed by atoms with Crippen LogP contribution in [0.5, 0.6) is 0 Å². The molecule has 3 rings (SSSR count). The van der Waals surface area contributed by atoms with Crippen LogP contribution in [0.1, 0.15) is 17.3 Å². The summed E-state index contributed by atoms with van der Waals surface area (Å²) in [5.74, 6) is -4.04. The summed E-state index contributed by atoms with van der Waals surface area (Å²) in [7, 11) is 0. The minimum atomic E-state index is -1.49. The Balaban J connectivity index is 0.00000225. The topological polar surface area (TPSA) is 32.3 Å². The number of carbonyl (C=O) groups is 1. The van der Waals surface area contributed by atoms with E-state index in [2.05, 4.69) is 5.32 Å². The van der Waals surface area contributed by atoms with Crippen LogP contribution in [0.15, 0.2) is 36.4 Å². The first-order chi connectivity index (χ1) is 11.5. The smallest absolute Gasteiger partial charge is 0.254 e. The Kier molecular flexibility index (Phi) is 6.08. The maximum atomic E-state index is 13.3. The largest absolute Gasteiger partial charge is 0.333 e. The van der Waals surface area contributed by atoms with Crippen molar-refractivity contribution in [3.05, 3.63) is 59.4 Å². The van der Waals surface area contributed by atoms with Gasteiger partial charge in [-0.1, -0.05) is 12.1 Å². The quantitative estimate of drug-likeness (QED) is 0.819. The zero-order valence-corrected chi connectivity index (χ0v) is 14.4. The highest BCUT2D eigenvalue weighted by Gasteiger charge is 2.24. The van der Waals surface area contributed by atoms with Crippen LogP contribution in [0.3, 0.4) is 0 Å². The van der Waals surface area contributed by atoms with Crippen LogP contribution < -0.4 is 5.32 Å². The van der Waals surface area contributed by atoms with Gasteiger partial charge in [-0.3, -0.25) is 4.79 Å². The van der Waals surface area contributed by atoms with Crippen LogP contribution in [-0.2, 0) is 0 Å². The number of rotatable bonds is 2. The van der Waals surface area contributed by atoms with E-state index in [9.17, 15) is 18.0 Å². The van der Waals surface area contributed by atoms with Gasteiger partial charge in [-0.25, -0.2) is 13.2 Å². The molecule has 0 spiro atoms. The van der Waals surface area contributed by atoms with E-state index in [0.29, 0.717) is 17.7 Å². The molecule has 2 aromatic carbocycles. The monoisotopic (exact) mass is 370 g/mol. The molecule has 1 N–H and O–H groups in total. The fraction of sp³-hybridized carbons (Fsp3) is 0.278. The van der Waals surface area contributed by atoms with Gasteiger partial charge in [0.25, 0.3) is 5.91 Å². The van der Waals surface area contributed by atoms with E-state index in [0.717, 1.165) is 25.2 Å². The van der Waals surface area contributed by atoms with Crippen molar-refractivity contribution in [3.63, 3.8) is 0 Å². The average Bonchev–Trinajstić information content (AvgIpc) is 2.59. The average molecular weight is 371 g/mol. The number of hydrogen-bond acceptors (Lipinski definition) is 2. The molecule has 1 unspecified atom stereocenters. The summed E-state index contributed by atoms with van der Waals surface area (Å²) in [5, 5.41) is 3.22. The van der Waals surface area contributed by atoms with E-state index in [4.69, 9.17) is 0 Å². The highest BCUT2D eigenvalue weighted by Crippen LogP contribution is 2.24. The minimum absolute atomic E-state index is 0. The third-order valence-electron chi connectivity index (χ3n) is 4.21. The number of benzene rings is 2. The van der Waals surface area contributed by atoms with Gasteiger partial charge in [0.1, 0.15) is 0 Å². The number of nitrogens with zero attached hydrogens (tertiary/aromatic N) is 1. The van der Waals surface area contributed by atoms with Gasteiger partial charge in [-0.05, 0) is 42.3 Å². The second-order valence-electron chi connectivity index (χ2n) is 5.88. The summed E-state index contributed by atoms with van der Waals surface area (Å²) in [5.41, 5.74) is 1.24. The maximum absolute atomic E-state index is 13.3. The second kappa shape index (κ2) is 7.89. The summed E-state index contributed by atoms with van der Waals surface area (Å²) in [6, 6.07) is 8.42. The Morgan fingerprint density at radius 2 is 1.68 bits per heavy atom. The standard InChI is InChI=1S/C18H17F3N2O.ClH/c1-11-10-22-6-7-23(11)18(24)13-4-2-12(3-5-13)14-8-15(19)17(21)16(20)9-14;/h2-5,8-9,11,22H,6-7,10H2,1H3;1H. The fourth-order valence-corrected chi connectivity index (χ4v) is 2.84. The van der Waals surface area contributed by atoms with Crippen molar-refractivity contribution in [1.29, 1.82) is 0 Å². The molecule has 1 saturated heterocycles. The normalized spacial score (nSPS) is 17.1. The van der Waals surface area contributed by atoms with Gasteiger partial charge in [-0.15, -0.1) is 12.4 Å². The lowest BCUT2D eigenvalue weighted by molar-refractivity contribution is 0.0656. The molecule has 134 valence electrons. The van der Waals surface area contributed by atoms with Gasteiger partial charge in [0.05, 0.1) is 0 Å². The lowest BCUT2D eigenvalue weighted by atomic mass is 10.0. The third-order valence-corrected chi connectivity index (χ3v) is 4.21. The van der Waals surface area contributed by atoms with Crippen molar-refractivity contribution in [3.8, 4) is 11.1 Å². The highest BCUT2D eigenvalue weighted by atomic mass is 35.5. The first-order valence-corrected chi connectivity index (χ1v) is 7.74. The van der Waals surface area contributed by atoms with Crippen molar-refractivity contribution >= 4 is 18.3 Å². The zero-order chi connectivity index (χ0) is 17.3. The first-order valence-electron chi connectivity index (χ1n) is 7.74. The summed E-state index contributed by atoms with van der Waals surface area (Å²) in [4.78, 5) is 14.3. The predicted molar refractivity (Wildman–Crippen MR) is 92.4 cm³/mol. The summed E-state index contributed by atoms with van der Waals surface area (Å²) < 4.78 is 39.7. The molecule has 1 aliphatic heterocycles. The fourth-order valence-electron chi connectivity index (χ4n) is 2.84. The van der Waals surface area contributed by atoms with E-state index < -0.39 is 17.5 Å². The van der Waals surface area contributed by atoms with E-state index in [1.54, 1.807) is 29.2 Å². The third kappa shape index (κ3) is 3.96. The number of carbonyl (C=O) groups excluding carboxylic acids is 1. The minimum Gasteiger partial charge on any atom is -0.333 e. The van der Waals surface area contributed by atoms with Gasteiger partial charge in [0.2, 0.25) is 0 Å². The van der Waals surface area contributed by atoms with Crippen LogP contribution in [0.4, 0.5) is 13.2 Å². The molecule has 0 radical (unpaired) electrons. The maximum Gasteiger partial charge on any atom is 0.254 e. The molecular formula is C18H18ClF3N2O. The molecule has 1 heterocycles. The van der Waals surface area contributed by atoms with Gasteiger partial charge in [-0.2, -0.15) is 0 Å². The Morgan fingerprint density at radius 3 is 2.24 bits per heavy atom. The van der Waals surface area contributed by atoms with Gasteiger partial charge >= 0.3 is 0 Å². The number of hydrogen-bond donors (Lipinski definition) is 1. The van der Waals surface area contributed by atoms with Crippen molar-refractivity contribution in [2.75, 3.05) is 19.6 Å². The summed E-state index contributed by atoms with van der Waals surface area (Å²) >= 11 is 0. The molecule has 0 aromatic heterocycles. The summed E-state index contributed by atoms with van der Waals surface area (Å²) in [6.45, 7) is 4.11. The molecule has 0 saturated carbocycles.